The molecule has 0 spiro atoms. The van der Waals surface area contributed by atoms with Gasteiger partial charge in [-0.15, -0.1) is 0 Å². The Morgan fingerprint density at radius 2 is 2.17 bits per heavy atom. The van der Waals surface area contributed by atoms with Crippen molar-refractivity contribution in [2.45, 2.75) is 13.0 Å². The molecular weight excluding hydrogens is 234 g/mol. The van der Waals surface area contributed by atoms with E-state index in [2.05, 4.69) is 5.32 Å². The van der Waals surface area contributed by atoms with Crippen LogP contribution in [0.15, 0.2) is 18.3 Å². The molecule has 0 aromatic carbocycles. The fourth-order valence-electron chi connectivity index (χ4n) is 2.10. The van der Waals surface area contributed by atoms with Gasteiger partial charge in [0.2, 0.25) is 0 Å². The zero-order valence-corrected chi connectivity index (χ0v) is 10.1. The van der Waals surface area contributed by atoms with Crippen LogP contribution in [-0.2, 0) is 11.3 Å². The van der Waals surface area contributed by atoms with Gasteiger partial charge in [-0.3, -0.25) is 9.59 Å². The maximum atomic E-state index is 12.3. The van der Waals surface area contributed by atoms with Gasteiger partial charge in [0.15, 0.2) is 0 Å². The van der Waals surface area contributed by atoms with Gasteiger partial charge in [0.25, 0.3) is 5.91 Å². The number of amides is 1. The van der Waals surface area contributed by atoms with Gasteiger partial charge >= 0.3 is 5.97 Å². The van der Waals surface area contributed by atoms with Gasteiger partial charge in [0, 0.05) is 25.8 Å². The number of aromatic nitrogens is 1. The Kier molecular flexibility index (Phi) is 3.99. The molecule has 1 aliphatic rings. The van der Waals surface area contributed by atoms with Gasteiger partial charge < -0.3 is 19.9 Å². The van der Waals surface area contributed by atoms with Crippen molar-refractivity contribution in [2.24, 2.45) is 0 Å². The lowest BCUT2D eigenvalue weighted by atomic mass is 10.3. The van der Waals surface area contributed by atoms with Gasteiger partial charge in [-0.1, -0.05) is 0 Å². The summed E-state index contributed by atoms with van der Waals surface area (Å²) in [6.07, 6.45) is 2.54. The van der Waals surface area contributed by atoms with E-state index in [1.165, 1.54) is 4.57 Å². The number of nitrogens with one attached hydrogen (secondary N) is 1. The van der Waals surface area contributed by atoms with Gasteiger partial charge in [0.1, 0.15) is 12.2 Å². The molecule has 0 atom stereocenters. The minimum atomic E-state index is -0.946. The van der Waals surface area contributed by atoms with Crippen molar-refractivity contribution in [3.63, 3.8) is 0 Å². The van der Waals surface area contributed by atoms with E-state index in [0.717, 1.165) is 19.5 Å². The summed E-state index contributed by atoms with van der Waals surface area (Å²) < 4.78 is 1.48. The van der Waals surface area contributed by atoms with Crippen LogP contribution in [0, 0.1) is 0 Å². The molecule has 2 heterocycles. The van der Waals surface area contributed by atoms with Crippen LogP contribution in [-0.4, -0.2) is 52.6 Å². The summed E-state index contributed by atoms with van der Waals surface area (Å²) in [6.45, 7) is 2.90. The summed E-state index contributed by atoms with van der Waals surface area (Å²) >= 11 is 0. The van der Waals surface area contributed by atoms with Crippen LogP contribution < -0.4 is 5.32 Å². The highest BCUT2D eigenvalue weighted by Crippen LogP contribution is 2.08. The predicted octanol–water partition coefficient (Wildman–Crippen LogP) is 0.00820. The SMILES string of the molecule is O=C(O)Cn1cccc1C(=O)N1CCCNCC1. The third-order valence-electron chi connectivity index (χ3n) is 2.98. The highest BCUT2D eigenvalue weighted by atomic mass is 16.4. The molecule has 1 aromatic rings. The van der Waals surface area contributed by atoms with Crippen LogP contribution in [0.2, 0.25) is 0 Å². The zero-order chi connectivity index (χ0) is 13.0. The van der Waals surface area contributed by atoms with Gasteiger partial charge in [-0.2, -0.15) is 0 Å². The van der Waals surface area contributed by atoms with E-state index in [0.29, 0.717) is 18.8 Å². The Hall–Kier alpha value is -1.82. The summed E-state index contributed by atoms with van der Waals surface area (Å²) in [5.74, 6) is -1.04. The quantitative estimate of drug-likeness (QED) is 0.793. The molecule has 0 unspecified atom stereocenters. The third kappa shape index (κ3) is 2.89. The number of carboxylic acid groups (broad SMARTS) is 1. The first-order valence-corrected chi connectivity index (χ1v) is 6.05. The van der Waals surface area contributed by atoms with Crippen LogP contribution in [0.4, 0.5) is 0 Å². The Bertz CT molecular complexity index is 434. The number of hydrogen-bond donors (Lipinski definition) is 2. The molecule has 1 aliphatic heterocycles. The van der Waals surface area contributed by atoms with Gasteiger partial charge in [0.05, 0.1) is 0 Å². The van der Waals surface area contributed by atoms with Crippen LogP contribution in [0.5, 0.6) is 0 Å². The summed E-state index contributed by atoms with van der Waals surface area (Å²) in [6, 6.07) is 3.37. The highest BCUT2D eigenvalue weighted by Gasteiger charge is 2.20. The number of nitrogens with zero attached hydrogens (tertiary/aromatic N) is 2. The molecule has 6 nitrogen and oxygen atoms in total. The minimum absolute atomic E-state index is 0.0926. The van der Waals surface area contributed by atoms with Crippen LogP contribution in [0.25, 0.3) is 0 Å². The standard InChI is InChI=1S/C12H17N3O3/c16-11(17)9-15-6-1-3-10(15)12(18)14-7-2-4-13-5-8-14/h1,3,6,13H,2,4-5,7-9H2,(H,16,17). The summed E-state index contributed by atoms with van der Waals surface area (Å²) in [5.41, 5.74) is 0.444. The Labute approximate surface area is 105 Å². The second-order valence-electron chi connectivity index (χ2n) is 4.31. The first-order valence-electron chi connectivity index (χ1n) is 6.05. The monoisotopic (exact) mass is 251 g/mol. The lowest BCUT2D eigenvalue weighted by Gasteiger charge is -2.20. The number of rotatable bonds is 3. The second-order valence-corrected chi connectivity index (χ2v) is 4.31. The normalized spacial score (nSPS) is 16.3. The molecule has 0 saturated carbocycles. The fourth-order valence-corrected chi connectivity index (χ4v) is 2.10. The third-order valence-corrected chi connectivity index (χ3v) is 2.98. The average molecular weight is 251 g/mol. The molecule has 0 radical (unpaired) electrons. The molecule has 0 bridgehead atoms. The number of hydrogen-bond acceptors (Lipinski definition) is 3. The fraction of sp³-hybridized carbons (Fsp3) is 0.500. The smallest absolute Gasteiger partial charge is 0.323 e. The van der Waals surface area contributed by atoms with Crippen molar-refractivity contribution in [2.75, 3.05) is 26.2 Å². The maximum Gasteiger partial charge on any atom is 0.323 e. The van der Waals surface area contributed by atoms with E-state index in [1.807, 2.05) is 0 Å². The van der Waals surface area contributed by atoms with E-state index >= 15 is 0 Å². The number of carbonyl (C=O) groups excluding carboxylic acids is 1. The van der Waals surface area contributed by atoms with Crippen molar-refractivity contribution in [3.8, 4) is 0 Å². The Morgan fingerprint density at radius 3 is 2.94 bits per heavy atom. The van der Waals surface area contributed by atoms with E-state index in [-0.39, 0.29) is 12.5 Å². The topological polar surface area (TPSA) is 74.6 Å². The molecule has 1 amide bonds. The van der Waals surface area contributed by atoms with Crippen LogP contribution in [0.3, 0.4) is 0 Å². The molecule has 98 valence electrons. The van der Waals surface area contributed by atoms with Crippen LogP contribution >= 0.6 is 0 Å². The second kappa shape index (κ2) is 5.68. The van der Waals surface area contributed by atoms with Crippen molar-refractivity contribution in [3.05, 3.63) is 24.0 Å². The average Bonchev–Trinajstić information content (AvgIpc) is 2.63. The van der Waals surface area contributed by atoms with Crippen molar-refractivity contribution in [1.29, 1.82) is 0 Å². The van der Waals surface area contributed by atoms with E-state index in [9.17, 15) is 9.59 Å². The van der Waals surface area contributed by atoms with Gasteiger partial charge in [-0.25, -0.2) is 0 Å². The van der Waals surface area contributed by atoms with Gasteiger partial charge in [-0.05, 0) is 25.1 Å². The number of carboxylic acids is 1. The van der Waals surface area contributed by atoms with Crippen molar-refractivity contribution < 1.29 is 14.7 Å². The number of aliphatic carboxylic acids is 1. The largest absolute Gasteiger partial charge is 0.480 e. The zero-order valence-electron chi connectivity index (χ0n) is 10.1. The predicted molar refractivity (Wildman–Crippen MR) is 65.5 cm³/mol. The lowest BCUT2D eigenvalue weighted by molar-refractivity contribution is -0.137. The Morgan fingerprint density at radius 1 is 1.33 bits per heavy atom. The number of carbonyl (C=O) groups is 2. The molecule has 1 fully saturated rings. The summed E-state index contributed by atoms with van der Waals surface area (Å²) in [4.78, 5) is 24.8. The maximum absolute atomic E-state index is 12.3. The molecule has 0 aliphatic carbocycles. The van der Waals surface area contributed by atoms with E-state index in [4.69, 9.17) is 5.11 Å². The van der Waals surface area contributed by atoms with Crippen molar-refractivity contribution >= 4 is 11.9 Å². The highest BCUT2D eigenvalue weighted by molar-refractivity contribution is 5.93. The summed E-state index contributed by atoms with van der Waals surface area (Å²) in [5, 5.41) is 12.0. The summed E-state index contributed by atoms with van der Waals surface area (Å²) in [7, 11) is 0. The molecule has 1 saturated heterocycles. The van der Waals surface area contributed by atoms with E-state index in [1.54, 1.807) is 23.2 Å². The Balaban J connectivity index is 2.12. The van der Waals surface area contributed by atoms with Crippen molar-refractivity contribution in [1.82, 2.24) is 14.8 Å². The molecule has 1 aromatic heterocycles. The molecular formula is C12H17N3O3. The van der Waals surface area contributed by atoms with Crippen LogP contribution in [0.1, 0.15) is 16.9 Å². The first-order chi connectivity index (χ1) is 8.68. The minimum Gasteiger partial charge on any atom is -0.480 e. The lowest BCUT2D eigenvalue weighted by Crippen LogP contribution is -2.35. The van der Waals surface area contributed by atoms with E-state index < -0.39 is 5.97 Å². The molecule has 6 heteroatoms. The molecule has 18 heavy (non-hydrogen) atoms. The first kappa shape index (κ1) is 12.6. The molecule has 2 rings (SSSR count). The molecule has 2 N–H and O–H groups in total.